The second kappa shape index (κ2) is 8.97. The maximum atomic E-state index is 12.7. The monoisotopic (exact) mass is 434 g/mol. The van der Waals surface area contributed by atoms with Crippen LogP contribution in [0.2, 0.25) is 0 Å². The van der Waals surface area contributed by atoms with E-state index in [4.69, 9.17) is 17.0 Å². The lowest BCUT2D eigenvalue weighted by atomic mass is 10.2. The number of aromatic amines is 2. The molecule has 31 heavy (non-hydrogen) atoms. The predicted molar refractivity (Wildman–Crippen MR) is 120 cm³/mol. The van der Waals surface area contributed by atoms with Crippen molar-refractivity contribution in [2.24, 2.45) is 0 Å². The van der Waals surface area contributed by atoms with Gasteiger partial charge in [0.05, 0.1) is 25.0 Å². The second-order valence-electron chi connectivity index (χ2n) is 7.00. The largest absolute Gasteiger partial charge is 0.497 e. The van der Waals surface area contributed by atoms with E-state index in [1.165, 1.54) is 0 Å². The highest BCUT2D eigenvalue weighted by atomic mass is 32.1. The number of carbonyl (C=O) groups is 1. The molecule has 1 atom stereocenters. The average Bonchev–Trinajstić information content (AvgIpc) is 3.42. The molecule has 0 aliphatic rings. The van der Waals surface area contributed by atoms with E-state index in [2.05, 4.69) is 25.5 Å². The molecule has 0 bridgehead atoms. The summed E-state index contributed by atoms with van der Waals surface area (Å²) in [6.45, 7) is 1.91. The lowest BCUT2D eigenvalue weighted by Crippen LogP contribution is -2.31. The van der Waals surface area contributed by atoms with Gasteiger partial charge < -0.3 is 15.0 Å². The minimum Gasteiger partial charge on any atom is -0.497 e. The van der Waals surface area contributed by atoms with Crippen molar-refractivity contribution in [1.82, 2.24) is 30.0 Å². The molecule has 2 heterocycles. The molecule has 0 spiro atoms. The summed E-state index contributed by atoms with van der Waals surface area (Å²) in [5.41, 5.74) is 2.76. The number of hydrogen-bond acceptors (Lipinski definition) is 5. The third-order valence-corrected chi connectivity index (χ3v) is 5.19. The average molecular weight is 435 g/mol. The molecule has 0 aliphatic carbocycles. The molecule has 1 unspecified atom stereocenters. The van der Waals surface area contributed by atoms with Crippen molar-refractivity contribution in [2.75, 3.05) is 7.11 Å². The van der Waals surface area contributed by atoms with E-state index in [0.717, 1.165) is 22.6 Å². The van der Waals surface area contributed by atoms with Crippen molar-refractivity contribution in [3.05, 3.63) is 71.4 Å². The Hall–Kier alpha value is -3.72. The van der Waals surface area contributed by atoms with Crippen LogP contribution in [0.3, 0.4) is 0 Å². The Morgan fingerprint density at radius 1 is 1.16 bits per heavy atom. The maximum absolute atomic E-state index is 12.7. The van der Waals surface area contributed by atoms with Gasteiger partial charge in [0.1, 0.15) is 18.1 Å². The molecule has 2 aromatic carbocycles. The smallest absolute Gasteiger partial charge is 0.240 e. The number of nitrogens with one attached hydrogen (secondary N) is 3. The molecule has 8 nitrogen and oxygen atoms in total. The van der Waals surface area contributed by atoms with Gasteiger partial charge in [-0.05, 0) is 49.0 Å². The highest BCUT2D eigenvalue weighted by molar-refractivity contribution is 7.71. The molecular weight excluding hydrogens is 412 g/mol. The first-order valence-electron chi connectivity index (χ1n) is 9.74. The van der Waals surface area contributed by atoms with Crippen LogP contribution in [0, 0.1) is 4.77 Å². The van der Waals surface area contributed by atoms with Gasteiger partial charge in [0, 0.05) is 5.56 Å². The molecule has 0 saturated carbocycles. The first-order chi connectivity index (χ1) is 15.0. The van der Waals surface area contributed by atoms with E-state index in [1.807, 2.05) is 61.5 Å². The van der Waals surface area contributed by atoms with Gasteiger partial charge in [-0.25, -0.2) is 4.98 Å². The number of hydrogen-bond donors (Lipinski definition) is 3. The Morgan fingerprint density at radius 2 is 1.90 bits per heavy atom. The van der Waals surface area contributed by atoms with Gasteiger partial charge in [0.15, 0.2) is 10.6 Å². The van der Waals surface area contributed by atoms with Gasteiger partial charge in [-0.15, -0.1) is 0 Å². The number of rotatable bonds is 7. The van der Waals surface area contributed by atoms with Gasteiger partial charge in [-0.1, -0.05) is 30.3 Å². The van der Waals surface area contributed by atoms with Gasteiger partial charge in [-0.3, -0.25) is 14.5 Å². The number of methoxy groups -OCH3 is 1. The number of H-pyrrole nitrogens is 2. The fourth-order valence-electron chi connectivity index (χ4n) is 3.25. The summed E-state index contributed by atoms with van der Waals surface area (Å²) in [6, 6.07) is 17.0. The van der Waals surface area contributed by atoms with E-state index in [9.17, 15) is 4.79 Å². The Labute approximate surface area is 184 Å². The zero-order valence-electron chi connectivity index (χ0n) is 17.1. The van der Waals surface area contributed by atoms with Crippen molar-refractivity contribution in [3.8, 4) is 28.4 Å². The van der Waals surface area contributed by atoms with E-state index in [0.29, 0.717) is 16.4 Å². The molecule has 0 fully saturated rings. The van der Waals surface area contributed by atoms with E-state index >= 15 is 0 Å². The third-order valence-electron chi connectivity index (χ3n) is 4.88. The number of aromatic nitrogens is 5. The molecule has 4 aromatic rings. The van der Waals surface area contributed by atoms with Crippen LogP contribution in [0.5, 0.6) is 5.75 Å². The van der Waals surface area contributed by atoms with Gasteiger partial charge in [0.25, 0.3) is 0 Å². The summed E-state index contributed by atoms with van der Waals surface area (Å²) < 4.78 is 7.23. The normalized spacial score (nSPS) is 11.8. The molecule has 0 radical (unpaired) electrons. The highest BCUT2D eigenvalue weighted by Crippen LogP contribution is 2.21. The van der Waals surface area contributed by atoms with Crippen LogP contribution in [0.25, 0.3) is 22.6 Å². The van der Waals surface area contributed by atoms with E-state index in [1.54, 1.807) is 17.9 Å². The lowest BCUT2D eigenvalue weighted by Gasteiger charge is -2.13. The Kier molecular flexibility index (Phi) is 5.94. The minimum atomic E-state index is -0.296. The maximum Gasteiger partial charge on any atom is 0.240 e. The lowest BCUT2D eigenvalue weighted by molar-refractivity contribution is -0.122. The molecule has 4 rings (SSSR count). The molecule has 3 N–H and O–H groups in total. The quantitative estimate of drug-likeness (QED) is 0.383. The molecule has 158 valence electrons. The van der Waals surface area contributed by atoms with Crippen molar-refractivity contribution in [3.63, 3.8) is 0 Å². The second-order valence-corrected chi connectivity index (χ2v) is 7.39. The summed E-state index contributed by atoms with van der Waals surface area (Å²) >= 11 is 5.33. The van der Waals surface area contributed by atoms with Crippen molar-refractivity contribution in [1.29, 1.82) is 0 Å². The van der Waals surface area contributed by atoms with Crippen LogP contribution in [0.15, 0.2) is 60.8 Å². The van der Waals surface area contributed by atoms with Crippen LogP contribution < -0.4 is 10.1 Å². The SMILES string of the molecule is COc1ccc(-c2n[nH]c(=S)n2CC(=O)NC(C)c2ncc(-c3ccccc3)[nH]2)cc1. The summed E-state index contributed by atoms with van der Waals surface area (Å²) in [6.07, 6.45) is 1.77. The van der Waals surface area contributed by atoms with Crippen LogP contribution in [-0.4, -0.2) is 37.7 Å². The number of nitrogens with zero attached hydrogens (tertiary/aromatic N) is 3. The Balaban J connectivity index is 1.46. The van der Waals surface area contributed by atoms with Crippen molar-refractivity contribution >= 4 is 18.1 Å². The Bertz CT molecular complexity index is 1230. The number of benzene rings is 2. The fourth-order valence-corrected chi connectivity index (χ4v) is 3.44. The summed E-state index contributed by atoms with van der Waals surface area (Å²) in [5.74, 6) is 1.81. The number of ether oxygens (including phenoxy) is 1. The third kappa shape index (κ3) is 4.56. The topological polar surface area (TPSA) is 101 Å². The highest BCUT2D eigenvalue weighted by Gasteiger charge is 2.17. The number of imidazole rings is 1. The first-order valence-corrected chi connectivity index (χ1v) is 10.2. The van der Waals surface area contributed by atoms with Gasteiger partial charge >= 0.3 is 0 Å². The van der Waals surface area contributed by atoms with Crippen LogP contribution in [-0.2, 0) is 11.3 Å². The molecule has 1 amide bonds. The number of amides is 1. The fraction of sp³-hybridized carbons (Fsp3) is 0.182. The predicted octanol–water partition coefficient (Wildman–Crippen LogP) is 3.88. The molecule has 0 aliphatic heterocycles. The van der Waals surface area contributed by atoms with Gasteiger partial charge in [-0.2, -0.15) is 5.10 Å². The number of carbonyl (C=O) groups excluding carboxylic acids is 1. The Morgan fingerprint density at radius 3 is 2.61 bits per heavy atom. The summed E-state index contributed by atoms with van der Waals surface area (Å²) in [7, 11) is 1.61. The van der Waals surface area contributed by atoms with Crippen molar-refractivity contribution in [2.45, 2.75) is 19.5 Å². The first kappa shape index (κ1) is 20.5. The zero-order valence-corrected chi connectivity index (χ0v) is 17.9. The van der Waals surface area contributed by atoms with E-state index in [-0.39, 0.29) is 18.5 Å². The molecule has 2 aromatic heterocycles. The minimum absolute atomic E-state index is 0.0350. The van der Waals surface area contributed by atoms with Crippen LogP contribution in [0.1, 0.15) is 18.8 Å². The molecular formula is C22H22N6O2S. The molecule has 9 heteroatoms. The van der Waals surface area contributed by atoms with E-state index < -0.39 is 0 Å². The van der Waals surface area contributed by atoms with Crippen LogP contribution >= 0.6 is 12.2 Å². The van der Waals surface area contributed by atoms with Crippen LogP contribution in [0.4, 0.5) is 0 Å². The van der Waals surface area contributed by atoms with Crippen molar-refractivity contribution < 1.29 is 9.53 Å². The molecule has 0 saturated heterocycles. The zero-order chi connectivity index (χ0) is 21.8. The summed E-state index contributed by atoms with van der Waals surface area (Å²) in [4.78, 5) is 20.4. The van der Waals surface area contributed by atoms with Gasteiger partial charge in [0.2, 0.25) is 5.91 Å². The standard InChI is InChI=1S/C22H22N6O2S/c1-14(20-23-12-18(25-20)15-6-4-3-5-7-15)24-19(29)13-28-21(26-27-22(28)31)16-8-10-17(30-2)11-9-16/h3-12,14H,13H2,1-2H3,(H,23,25)(H,24,29)(H,27,31). The summed E-state index contributed by atoms with van der Waals surface area (Å²) in [5, 5.41) is 10.00.